The Balaban J connectivity index is 1.51. The number of aromatic amines is 1. The van der Waals surface area contributed by atoms with Crippen LogP contribution in [0.5, 0.6) is 0 Å². The monoisotopic (exact) mass is 425 g/mol. The topological polar surface area (TPSA) is 109 Å². The molecule has 0 atom stereocenters. The van der Waals surface area contributed by atoms with Gasteiger partial charge in [0.15, 0.2) is 15.7 Å². The Bertz CT molecular complexity index is 1330. The highest BCUT2D eigenvalue weighted by atomic mass is 32.2. The van der Waals surface area contributed by atoms with Gasteiger partial charge in [0.2, 0.25) is 0 Å². The summed E-state index contributed by atoms with van der Waals surface area (Å²) in [7, 11) is -1.18. The van der Waals surface area contributed by atoms with Crippen molar-refractivity contribution in [3.8, 4) is 0 Å². The van der Waals surface area contributed by atoms with Crippen LogP contribution in [0.4, 0.5) is 11.5 Å². The number of rotatable bonds is 4. The Labute approximate surface area is 174 Å². The van der Waals surface area contributed by atoms with Gasteiger partial charge in [-0.1, -0.05) is 6.07 Å². The van der Waals surface area contributed by atoms with Gasteiger partial charge in [0, 0.05) is 23.2 Å². The first-order valence-corrected chi connectivity index (χ1v) is 11.7. The zero-order valence-corrected chi connectivity index (χ0v) is 17.6. The second kappa shape index (κ2) is 7.06. The zero-order valence-electron chi connectivity index (χ0n) is 16.8. The van der Waals surface area contributed by atoms with Crippen LogP contribution < -0.4 is 5.32 Å². The van der Waals surface area contributed by atoms with E-state index in [1.165, 1.54) is 6.26 Å². The van der Waals surface area contributed by atoms with Crippen molar-refractivity contribution < 1.29 is 8.42 Å². The number of aromatic nitrogens is 5. The number of fused-ring (bicyclic) bond motifs is 3. The highest BCUT2D eigenvalue weighted by molar-refractivity contribution is 7.90. The molecule has 1 saturated heterocycles. The third-order valence-electron chi connectivity index (χ3n) is 5.72. The number of hydrogen-bond acceptors (Lipinski definition) is 7. The van der Waals surface area contributed by atoms with Crippen molar-refractivity contribution in [3.05, 3.63) is 36.8 Å². The van der Waals surface area contributed by atoms with Gasteiger partial charge in [-0.25, -0.2) is 13.4 Å². The molecule has 0 bridgehead atoms. The number of nitrogens with zero attached hydrogens (tertiary/aromatic N) is 5. The molecule has 0 amide bonds. The molecule has 5 rings (SSSR count). The number of hydrogen-bond donors (Lipinski definition) is 2. The average Bonchev–Trinajstić information content (AvgIpc) is 3.37. The molecular formula is C20H23N7O2S. The molecule has 1 fully saturated rings. The number of piperidine rings is 1. The molecule has 0 saturated carbocycles. The summed E-state index contributed by atoms with van der Waals surface area (Å²) in [6.07, 6.45) is 8.86. The third-order valence-corrected chi connectivity index (χ3v) is 6.83. The van der Waals surface area contributed by atoms with Gasteiger partial charge in [0.25, 0.3) is 0 Å². The van der Waals surface area contributed by atoms with Crippen molar-refractivity contribution in [2.75, 3.05) is 31.7 Å². The highest BCUT2D eigenvalue weighted by Crippen LogP contribution is 2.31. The van der Waals surface area contributed by atoms with E-state index in [4.69, 9.17) is 0 Å². The van der Waals surface area contributed by atoms with E-state index in [1.807, 2.05) is 10.9 Å². The molecule has 156 valence electrons. The fourth-order valence-electron chi connectivity index (χ4n) is 4.00. The minimum Gasteiger partial charge on any atom is -0.336 e. The molecule has 0 spiro atoms. The molecule has 3 aromatic heterocycles. The van der Waals surface area contributed by atoms with E-state index in [9.17, 15) is 8.42 Å². The molecular weight excluding hydrogens is 402 g/mol. The van der Waals surface area contributed by atoms with Gasteiger partial charge in [0.1, 0.15) is 5.52 Å². The lowest BCUT2D eigenvalue weighted by Gasteiger charge is -2.28. The van der Waals surface area contributed by atoms with E-state index in [1.54, 1.807) is 30.6 Å². The van der Waals surface area contributed by atoms with Crippen molar-refractivity contribution in [2.45, 2.75) is 23.8 Å². The van der Waals surface area contributed by atoms with Crippen LogP contribution in [0.25, 0.3) is 21.8 Å². The molecule has 1 aliphatic heterocycles. The zero-order chi connectivity index (χ0) is 20.9. The van der Waals surface area contributed by atoms with Gasteiger partial charge in [0.05, 0.1) is 34.5 Å². The van der Waals surface area contributed by atoms with Crippen LogP contribution in [-0.4, -0.2) is 64.7 Å². The summed E-state index contributed by atoms with van der Waals surface area (Å²) in [6, 6.07) is 5.37. The van der Waals surface area contributed by atoms with Crippen LogP contribution >= 0.6 is 0 Å². The van der Waals surface area contributed by atoms with Crippen molar-refractivity contribution in [2.24, 2.45) is 0 Å². The van der Waals surface area contributed by atoms with Crippen LogP contribution in [-0.2, 0) is 9.84 Å². The molecule has 4 aromatic rings. The van der Waals surface area contributed by atoms with Gasteiger partial charge in [-0.05, 0) is 45.1 Å². The summed E-state index contributed by atoms with van der Waals surface area (Å²) in [6.45, 7) is 2.13. The maximum atomic E-state index is 12.0. The third kappa shape index (κ3) is 3.41. The predicted molar refractivity (Wildman–Crippen MR) is 116 cm³/mol. The van der Waals surface area contributed by atoms with Gasteiger partial charge >= 0.3 is 0 Å². The Morgan fingerprint density at radius 1 is 1.17 bits per heavy atom. The van der Waals surface area contributed by atoms with E-state index in [0.29, 0.717) is 17.4 Å². The fraction of sp³-hybridized carbons (Fsp3) is 0.350. The largest absolute Gasteiger partial charge is 0.336 e. The molecule has 1 aromatic carbocycles. The molecule has 9 nitrogen and oxygen atoms in total. The number of likely N-dealkylation sites (tertiary alicyclic amines) is 1. The number of benzene rings is 1. The Kier molecular flexibility index (Phi) is 4.48. The minimum absolute atomic E-state index is 0.242. The van der Waals surface area contributed by atoms with Gasteiger partial charge in [-0.3, -0.25) is 9.78 Å². The summed E-state index contributed by atoms with van der Waals surface area (Å²) in [5, 5.41) is 16.7. The van der Waals surface area contributed by atoms with Crippen molar-refractivity contribution in [3.63, 3.8) is 0 Å². The van der Waals surface area contributed by atoms with Gasteiger partial charge in [-0.2, -0.15) is 10.2 Å². The fourth-order valence-corrected chi connectivity index (χ4v) is 4.64. The lowest BCUT2D eigenvalue weighted by molar-refractivity contribution is 0.212. The number of sulfone groups is 1. The molecule has 0 radical (unpaired) electrons. The maximum absolute atomic E-state index is 12.0. The standard InChI is InChI=1S/C20H23N7O2S/c1-26-7-5-14(6-8-26)27-12-13(10-22-27)23-20-19-17(11-21-25-19)16-4-3-15(30(2,28)29)9-18(16)24-20/h3-4,9-12,14H,5-8H2,1-2H3,(H,21,25)(H,23,24). The van der Waals surface area contributed by atoms with Crippen molar-refractivity contribution >= 4 is 43.1 Å². The Hall–Kier alpha value is -2.98. The second-order valence-corrected chi connectivity index (χ2v) is 9.95. The van der Waals surface area contributed by atoms with Crippen LogP contribution in [0.1, 0.15) is 18.9 Å². The number of anilines is 2. The Morgan fingerprint density at radius 2 is 1.97 bits per heavy atom. The summed E-state index contributed by atoms with van der Waals surface area (Å²) in [5.74, 6) is 0.587. The normalized spacial score (nSPS) is 16.5. The first-order valence-electron chi connectivity index (χ1n) is 9.85. The van der Waals surface area contributed by atoms with Crippen molar-refractivity contribution in [1.82, 2.24) is 29.9 Å². The first kappa shape index (κ1) is 19.0. The van der Waals surface area contributed by atoms with E-state index in [0.717, 1.165) is 47.9 Å². The van der Waals surface area contributed by atoms with Gasteiger partial charge in [-0.15, -0.1) is 0 Å². The highest BCUT2D eigenvalue weighted by Gasteiger charge is 2.19. The lowest BCUT2D eigenvalue weighted by atomic mass is 10.1. The van der Waals surface area contributed by atoms with Crippen LogP contribution in [0.3, 0.4) is 0 Å². The molecule has 4 heterocycles. The first-order chi connectivity index (χ1) is 14.4. The van der Waals surface area contributed by atoms with Crippen LogP contribution in [0.15, 0.2) is 41.7 Å². The molecule has 10 heteroatoms. The number of H-pyrrole nitrogens is 1. The van der Waals surface area contributed by atoms with E-state index >= 15 is 0 Å². The summed E-state index contributed by atoms with van der Waals surface area (Å²) in [4.78, 5) is 7.26. The van der Waals surface area contributed by atoms with Crippen molar-refractivity contribution in [1.29, 1.82) is 0 Å². The summed E-state index contributed by atoms with van der Waals surface area (Å²) in [5.41, 5.74) is 2.19. The summed E-state index contributed by atoms with van der Waals surface area (Å²) >= 11 is 0. The molecule has 30 heavy (non-hydrogen) atoms. The summed E-state index contributed by atoms with van der Waals surface area (Å²) < 4.78 is 25.9. The van der Waals surface area contributed by atoms with Gasteiger partial charge < -0.3 is 10.2 Å². The van der Waals surface area contributed by atoms with Crippen LogP contribution in [0, 0.1) is 0 Å². The van der Waals surface area contributed by atoms with Crippen LogP contribution in [0.2, 0.25) is 0 Å². The molecule has 0 unspecified atom stereocenters. The van der Waals surface area contributed by atoms with E-state index in [-0.39, 0.29) is 4.90 Å². The second-order valence-electron chi connectivity index (χ2n) is 7.94. The van der Waals surface area contributed by atoms with E-state index < -0.39 is 9.84 Å². The lowest BCUT2D eigenvalue weighted by Crippen LogP contribution is -2.31. The number of pyridine rings is 1. The maximum Gasteiger partial charge on any atom is 0.175 e. The molecule has 0 aliphatic carbocycles. The number of nitrogens with one attached hydrogen (secondary N) is 2. The SMILES string of the molecule is CN1CCC(n2cc(Nc3nc4cc(S(C)(=O)=O)ccc4c4cn[nH]c34)cn2)CC1. The van der Waals surface area contributed by atoms with E-state index in [2.05, 4.69) is 37.5 Å². The smallest absolute Gasteiger partial charge is 0.175 e. The predicted octanol–water partition coefficient (Wildman–Crippen LogP) is 2.72. The molecule has 1 aliphatic rings. The Morgan fingerprint density at radius 3 is 2.73 bits per heavy atom. The minimum atomic E-state index is -3.32. The average molecular weight is 426 g/mol. The quantitative estimate of drug-likeness (QED) is 0.517. The molecule has 2 N–H and O–H groups in total.